The first-order valence-electron chi connectivity index (χ1n) is 2.53. The summed E-state index contributed by atoms with van der Waals surface area (Å²) < 4.78 is 27.9. The molecule has 1 unspecified atom stereocenters. The molecular formula is C5H8F2O3. The summed E-state index contributed by atoms with van der Waals surface area (Å²) in [5, 5.41) is 8.43. The van der Waals surface area contributed by atoms with Crippen LogP contribution in [0.3, 0.4) is 0 Å². The Bertz CT molecular complexity index is 129. The molecule has 0 aliphatic rings. The fourth-order valence-electron chi connectivity index (χ4n) is 0.319. The van der Waals surface area contributed by atoms with Crippen molar-refractivity contribution in [2.24, 2.45) is 0 Å². The Hall–Kier alpha value is -0.710. The maximum atomic E-state index is 12.0. The van der Waals surface area contributed by atoms with Crippen molar-refractivity contribution in [1.82, 2.24) is 0 Å². The summed E-state index contributed by atoms with van der Waals surface area (Å²) in [5.41, 5.74) is 0. The van der Waals surface area contributed by atoms with Crippen LogP contribution in [0.15, 0.2) is 0 Å². The molecule has 0 saturated carbocycles. The normalized spacial score (nSPS) is 14.5. The number of halogens is 2. The Kier molecular flexibility index (Phi) is 2.71. The quantitative estimate of drug-likeness (QED) is 0.577. The van der Waals surface area contributed by atoms with Crippen LogP contribution in [-0.2, 0) is 9.53 Å². The molecule has 0 bridgehead atoms. The van der Waals surface area contributed by atoms with Crippen LogP contribution < -0.4 is 0 Å². The highest BCUT2D eigenvalue weighted by Crippen LogP contribution is 2.17. The lowest BCUT2D eigenvalue weighted by Crippen LogP contribution is -2.38. The number of alkyl halides is 2. The van der Waals surface area contributed by atoms with Crippen LogP contribution in [0.5, 0.6) is 0 Å². The smallest absolute Gasteiger partial charge is 0.341 e. The molecule has 1 N–H and O–H groups in total. The number of methoxy groups -OCH3 is 1. The highest BCUT2D eigenvalue weighted by atomic mass is 19.3. The number of ether oxygens (including phenoxy) is 1. The third-order valence-electron chi connectivity index (χ3n) is 0.905. The molecule has 1 atom stereocenters. The molecule has 0 aliphatic heterocycles. The molecule has 0 aromatic rings. The zero-order chi connectivity index (χ0) is 8.36. The van der Waals surface area contributed by atoms with Crippen molar-refractivity contribution < 1.29 is 23.4 Å². The maximum absolute atomic E-state index is 12.0. The molecule has 0 aliphatic carbocycles. The van der Waals surface area contributed by atoms with Gasteiger partial charge in [0.25, 0.3) is 5.92 Å². The fourth-order valence-corrected chi connectivity index (χ4v) is 0.319. The number of hydrogen-bond acceptors (Lipinski definition) is 3. The van der Waals surface area contributed by atoms with E-state index in [1.165, 1.54) is 0 Å². The SMILES string of the molecule is COC(=O)C(O)C(C)(F)F. The summed E-state index contributed by atoms with van der Waals surface area (Å²) in [6.07, 6.45) is -2.36. The fraction of sp³-hybridized carbons (Fsp3) is 0.800. The Morgan fingerprint density at radius 1 is 1.70 bits per heavy atom. The average molecular weight is 154 g/mol. The maximum Gasteiger partial charge on any atom is 0.341 e. The van der Waals surface area contributed by atoms with E-state index >= 15 is 0 Å². The number of rotatable bonds is 2. The Morgan fingerprint density at radius 3 is 2.20 bits per heavy atom. The highest BCUT2D eigenvalue weighted by Gasteiger charge is 2.38. The van der Waals surface area contributed by atoms with Gasteiger partial charge >= 0.3 is 5.97 Å². The standard InChI is InChI=1S/C5H8F2O3/c1-5(6,7)3(8)4(9)10-2/h3,8H,1-2H3. The first-order valence-corrected chi connectivity index (χ1v) is 2.53. The van der Waals surface area contributed by atoms with Gasteiger partial charge in [-0.1, -0.05) is 0 Å². The molecule has 60 valence electrons. The lowest BCUT2D eigenvalue weighted by atomic mass is 10.2. The van der Waals surface area contributed by atoms with Gasteiger partial charge in [0.1, 0.15) is 0 Å². The molecule has 0 radical (unpaired) electrons. The van der Waals surface area contributed by atoms with Crippen LogP contribution in [0.1, 0.15) is 6.92 Å². The predicted molar refractivity (Wildman–Crippen MR) is 28.6 cm³/mol. The number of aliphatic hydroxyl groups is 1. The Labute approximate surface area is 56.6 Å². The van der Waals surface area contributed by atoms with Crippen LogP contribution in [-0.4, -0.2) is 30.2 Å². The predicted octanol–water partition coefficient (Wildman–Crippen LogP) is 0.176. The van der Waals surface area contributed by atoms with Gasteiger partial charge in [0.15, 0.2) is 0 Å². The molecule has 10 heavy (non-hydrogen) atoms. The van der Waals surface area contributed by atoms with Crippen LogP contribution in [0.2, 0.25) is 0 Å². The molecule has 0 aromatic heterocycles. The zero-order valence-corrected chi connectivity index (χ0v) is 5.60. The van der Waals surface area contributed by atoms with Crippen molar-refractivity contribution >= 4 is 5.97 Å². The molecule has 3 nitrogen and oxygen atoms in total. The van der Waals surface area contributed by atoms with E-state index in [0.29, 0.717) is 6.92 Å². The molecule has 0 amide bonds. The van der Waals surface area contributed by atoms with E-state index < -0.39 is 18.0 Å². The molecular weight excluding hydrogens is 146 g/mol. The highest BCUT2D eigenvalue weighted by molar-refractivity contribution is 5.75. The summed E-state index contributed by atoms with van der Waals surface area (Å²) in [4.78, 5) is 10.2. The first kappa shape index (κ1) is 9.29. The lowest BCUT2D eigenvalue weighted by molar-refractivity contribution is -0.170. The van der Waals surface area contributed by atoms with Gasteiger partial charge in [-0.05, 0) is 0 Å². The van der Waals surface area contributed by atoms with E-state index in [-0.39, 0.29) is 0 Å². The number of hydrogen-bond donors (Lipinski definition) is 1. The summed E-state index contributed by atoms with van der Waals surface area (Å²) in [5.74, 6) is -4.76. The number of esters is 1. The summed E-state index contributed by atoms with van der Waals surface area (Å²) in [7, 11) is 0.928. The van der Waals surface area contributed by atoms with Crippen molar-refractivity contribution in [2.45, 2.75) is 19.0 Å². The second-order valence-corrected chi connectivity index (χ2v) is 1.88. The van der Waals surface area contributed by atoms with Crippen LogP contribution in [0.25, 0.3) is 0 Å². The molecule has 0 rings (SSSR count). The monoisotopic (exact) mass is 154 g/mol. The third kappa shape index (κ3) is 2.26. The number of aliphatic hydroxyl groups excluding tert-OH is 1. The molecule has 5 heteroatoms. The Morgan fingerprint density at radius 2 is 2.10 bits per heavy atom. The minimum atomic E-state index is -3.44. The molecule has 0 spiro atoms. The van der Waals surface area contributed by atoms with Crippen molar-refractivity contribution in [1.29, 1.82) is 0 Å². The third-order valence-corrected chi connectivity index (χ3v) is 0.905. The number of carbonyl (C=O) groups excluding carboxylic acids is 1. The van der Waals surface area contributed by atoms with E-state index in [1.54, 1.807) is 0 Å². The van der Waals surface area contributed by atoms with Crippen molar-refractivity contribution in [2.75, 3.05) is 7.11 Å². The van der Waals surface area contributed by atoms with Gasteiger partial charge in [0, 0.05) is 6.92 Å². The van der Waals surface area contributed by atoms with Gasteiger partial charge in [-0.25, -0.2) is 13.6 Å². The van der Waals surface area contributed by atoms with E-state index in [2.05, 4.69) is 4.74 Å². The Balaban J connectivity index is 4.08. The topological polar surface area (TPSA) is 46.5 Å². The largest absolute Gasteiger partial charge is 0.467 e. The second-order valence-electron chi connectivity index (χ2n) is 1.88. The summed E-state index contributed by atoms with van der Waals surface area (Å²) in [6, 6.07) is 0. The van der Waals surface area contributed by atoms with E-state index in [1.807, 2.05) is 0 Å². The van der Waals surface area contributed by atoms with E-state index in [0.717, 1.165) is 7.11 Å². The van der Waals surface area contributed by atoms with Crippen molar-refractivity contribution in [3.8, 4) is 0 Å². The van der Waals surface area contributed by atoms with E-state index in [4.69, 9.17) is 5.11 Å². The molecule has 0 aromatic carbocycles. The minimum absolute atomic E-state index is 0.439. The number of carbonyl (C=O) groups is 1. The van der Waals surface area contributed by atoms with E-state index in [9.17, 15) is 13.6 Å². The van der Waals surface area contributed by atoms with Gasteiger partial charge < -0.3 is 9.84 Å². The average Bonchev–Trinajstić information content (AvgIpc) is 1.83. The van der Waals surface area contributed by atoms with Gasteiger partial charge in [-0.3, -0.25) is 0 Å². The summed E-state index contributed by atoms with van der Waals surface area (Å²) in [6.45, 7) is 0.439. The van der Waals surface area contributed by atoms with Crippen molar-refractivity contribution in [3.05, 3.63) is 0 Å². The minimum Gasteiger partial charge on any atom is -0.467 e. The van der Waals surface area contributed by atoms with Crippen LogP contribution in [0, 0.1) is 0 Å². The molecule has 0 heterocycles. The molecule has 0 saturated heterocycles. The van der Waals surface area contributed by atoms with Gasteiger partial charge in [0.05, 0.1) is 7.11 Å². The first-order chi connectivity index (χ1) is 4.39. The lowest BCUT2D eigenvalue weighted by Gasteiger charge is -2.14. The van der Waals surface area contributed by atoms with Gasteiger partial charge in [-0.15, -0.1) is 0 Å². The van der Waals surface area contributed by atoms with Gasteiger partial charge in [0.2, 0.25) is 6.10 Å². The van der Waals surface area contributed by atoms with Crippen LogP contribution in [0.4, 0.5) is 8.78 Å². The summed E-state index contributed by atoms with van der Waals surface area (Å²) >= 11 is 0. The van der Waals surface area contributed by atoms with Crippen LogP contribution >= 0.6 is 0 Å². The van der Waals surface area contributed by atoms with Crippen molar-refractivity contribution in [3.63, 3.8) is 0 Å². The van der Waals surface area contributed by atoms with Gasteiger partial charge in [-0.2, -0.15) is 0 Å². The molecule has 0 fully saturated rings. The zero-order valence-electron chi connectivity index (χ0n) is 5.60. The second kappa shape index (κ2) is 2.92.